The number of benzene rings is 3. The van der Waals surface area contributed by atoms with Crippen molar-refractivity contribution in [1.29, 1.82) is 0 Å². The molecule has 1 N–H and O–H groups in total. The Kier molecular flexibility index (Phi) is 6.28. The average Bonchev–Trinajstić information content (AvgIpc) is 2.82. The number of nitro groups is 1. The molecule has 0 radical (unpaired) electrons. The first-order valence-corrected chi connectivity index (χ1v) is 10.6. The number of fused-ring (bicyclic) bond motifs is 2. The van der Waals surface area contributed by atoms with Gasteiger partial charge in [-0.1, -0.05) is 24.3 Å². The zero-order valence-corrected chi connectivity index (χ0v) is 18.9. The number of ether oxygens (including phenoxy) is 1. The van der Waals surface area contributed by atoms with Gasteiger partial charge in [-0.25, -0.2) is 0 Å². The molecule has 0 amide bonds. The van der Waals surface area contributed by atoms with E-state index in [0.29, 0.717) is 47.1 Å². The molecule has 1 aromatic heterocycles. The Hall–Kier alpha value is -3.91. The van der Waals surface area contributed by atoms with Crippen LogP contribution in [-0.2, 0) is 13.1 Å². The maximum Gasteiger partial charge on any atom is 0.293 e. The number of nitro benzene ring substituents is 1. The van der Waals surface area contributed by atoms with Crippen LogP contribution in [0.25, 0.3) is 21.8 Å². The first kappa shape index (κ1) is 22.3. The molecule has 1 heterocycles. The summed E-state index contributed by atoms with van der Waals surface area (Å²) in [6.07, 6.45) is 0. The molecule has 170 valence electrons. The number of anilines is 1. The Morgan fingerprint density at radius 1 is 1.06 bits per heavy atom. The van der Waals surface area contributed by atoms with Crippen LogP contribution in [0.2, 0.25) is 0 Å². The second-order valence-corrected chi connectivity index (χ2v) is 8.12. The van der Waals surface area contributed by atoms with Crippen LogP contribution < -0.4 is 15.5 Å². The number of rotatable bonds is 8. The van der Waals surface area contributed by atoms with E-state index >= 15 is 0 Å². The van der Waals surface area contributed by atoms with Gasteiger partial charge < -0.3 is 19.5 Å². The maximum atomic E-state index is 13.6. The quantitative estimate of drug-likeness (QED) is 0.247. The minimum Gasteiger partial charge on any atom is -0.497 e. The van der Waals surface area contributed by atoms with E-state index in [9.17, 15) is 14.9 Å². The second-order valence-electron chi connectivity index (χ2n) is 8.12. The van der Waals surface area contributed by atoms with Crippen molar-refractivity contribution in [3.63, 3.8) is 0 Å². The minimum atomic E-state index is -0.425. The van der Waals surface area contributed by atoms with E-state index in [1.165, 1.54) is 6.07 Å². The third kappa shape index (κ3) is 4.38. The monoisotopic (exact) mass is 446 g/mol. The number of likely N-dealkylation sites (N-methyl/N-ethyl adjacent to an activating group) is 1. The predicted molar refractivity (Wildman–Crippen MR) is 131 cm³/mol. The van der Waals surface area contributed by atoms with E-state index in [1.807, 2.05) is 66.0 Å². The van der Waals surface area contributed by atoms with Crippen LogP contribution in [0.5, 0.6) is 5.75 Å². The number of hydrogen-bond donors (Lipinski definition) is 1. The van der Waals surface area contributed by atoms with Crippen molar-refractivity contribution in [2.45, 2.75) is 13.1 Å². The molecule has 0 saturated heterocycles. The number of hydrogen-bond acceptors (Lipinski definition) is 6. The molecule has 8 nitrogen and oxygen atoms in total. The molecule has 8 heteroatoms. The van der Waals surface area contributed by atoms with Gasteiger partial charge >= 0.3 is 0 Å². The van der Waals surface area contributed by atoms with Gasteiger partial charge in [0.2, 0.25) is 0 Å². The van der Waals surface area contributed by atoms with Gasteiger partial charge in [-0.15, -0.1) is 0 Å². The number of pyridine rings is 1. The van der Waals surface area contributed by atoms with E-state index in [2.05, 4.69) is 5.32 Å². The number of nitrogens with zero attached hydrogens (tertiary/aromatic N) is 3. The summed E-state index contributed by atoms with van der Waals surface area (Å²) in [5, 5.41) is 16.0. The molecule has 4 rings (SSSR count). The van der Waals surface area contributed by atoms with Gasteiger partial charge in [-0.05, 0) is 50.0 Å². The smallest absolute Gasteiger partial charge is 0.293 e. The van der Waals surface area contributed by atoms with E-state index in [0.717, 1.165) is 11.3 Å². The van der Waals surface area contributed by atoms with E-state index < -0.39 is 4.92 Å². The highest BCUT2D eigenvalue weighted by molar-refractivity contribution is 6.02. The molecule has 0 spiro atoms. The Bertz CT molecular complexity index is 1380. The fraction of sp³-hybridized carbons (Fsp3) is 0.240. The fourth-order valence-corrected chi connectivity index (χ4v) is 4.02. The van der Waals surface area contributed by atoms with Gasteiger partial charge in [0.15, 0.2) is 5.43 Å². The number of methoxy groups -OCH3 is 1. The summed E-state index contributed by atoms with van der Waals surface area (Å²) < 4.78 is 7.10. The number of aromatic nitrogens is 1. The molecular weight excluding hydrogens is 420 g/mol. The zero-order chi connectivity index (χ0) is 23.5. The van der Waals surface area contributed by atoms with Gasteiger partial charge in [-0.3, -0.25) is 14.9 Å². The summed E-state index contributed by atoms with van der Waals surface area (Å²) in [6.45, 7) is 1.70. The Balaban J connectivity index is 1.89. The van der Waals surface area contributed by atoms with Gasteiger partial charge in [0, 0.05) is 31.4 Å². The molecule has 0 fully saturated rings. The topological polar surface area (TPSA) is 89.6 Å². The first-order chi connectivity index (χ1) is 15.9. The van der Waals surface area contributed by atoms with Crippen molar-refractivity contribution >= 4 is 33.2 Å². The molecule has 0 saturated carbocycles. The van der Waals surface area contributed by atoms with E-state index in [1.54, 1.807) is 19.2 Å². The molecule has 0 aliphatic rings. The minimum absolute atomic E-state index is 0.0677. The Morgan fingerprint density at radius 2 is 1.79 bits per heavy atom. The van der Waals surface area contributed by atoms with E-state index in [4.69, 9.17) is 4.74 Å². The molecule has 0 aliphatic carbocycles. The summed E-state index contributed by atoms with van der Waals surface area (Å²) >= 11 is 0. The van der Waals surface area contributed by atoms with Crippen LogP contribution in [0, 0.1) is 10.1 Å². The normalized spacial score (nSPS) is 11.3. The average molecular weight is 447 g/mol. The van der Waals surface area contributed by atoms with Crippen molar-refractivity contribution in [1.82, 2.24) is 9.47 Å². The van der Waals surface area contributed by atoms with Crippen LogP contribution in [0.15, 0.2) is 65.5 Å². The Morgan fingerprint density at radius 3 is 2.45 bits per heavy atom. The van der Waals surface area contributed by atoms with Crippen molar-refractivity contribution < 1.29 is 9.66 Å². The molecule has 3 aromatic carbocycles. The molecule has 0 aliphatic heterocycles. The summed E-state index contributed by atoms with van der Waals surface area (Å²) in [7, 11) is 5.52. The third-order valence-corrected chi connectivity index (χ3v) is 5.70. The Labute approximate surface area is 191 Å². The van der Waals surface area contributed by atoms with Crippen molar-refractivity contribution in [3.8, 4) is 5.75 Å². The third-order valence-electron chi connectivity index (χ3n) is 5.70. The lowest BCUT2D eigenvalue weighted by molar-refractivity contribution is -0.383. The predicted octanol–water partition coefficient (Wildman–Crippen LogP) is 4.25. The fourth-order valence-electron chi connectivity index (χ4n) is 4.02. The number of para-hydroxylation sites is 1. The number of nitrogens with one attached hydrogen (secondary N) is 1. The van der Waals surface area contributed by atoms with E-state index in [-0.39, 0.29) is 11.1 Å². The van der Waals surface area contributed by atoms with Gasteiger partial charge in [-0.2, -0.15) is 0 Å². The summed E-state index contributed by atoms with van der Waals surface area (Å²) in [6, 6.07) is 18.0. The van der Waals surface area contributed by atoms with Crippen LogP contribution >= 0.6 is 0 Å². The maximum absolute atomic E-state index is 13.6. The molecule has 4 aromatic rings. The highest BCUT2D eigenvalue weighted by Crippen LogP contribution is 2.30. The molecular formula is C25H26N4O4. The SMILES string of the molecule is COc1ccc(CNc2cccc3c2c(=O)c2cccc([N+](=O)[O-])c2n3CCN(C)C)cc1. The molecule has 0 bridgehead atoms. The van der Waals surface area contributed by atoms with Gasteiger partial charge in [0.05, 0.1) is 28.3 Å². The molecule has 0 unspecified atom stereocenters. The standard InChI is InChI=1S/C25H26N4O4/c1-27(2)14-15-28-21-8-5-7-20(26-16-17-10-12-18(33-3)13-11-17)23(21)25(30)19-6-4-9-22(24(19)28)29(31)32/h4-13,26H,14-16H2,1-3H3. The van der Waals surface area contributed by atoms with Crippen molar-refractivity contribution in [2.75, 3.05) is 33.1 Å². The van der Waals surface area contributed by atoms with Crippen molar-refractivity contribution in [3.05, 3.63) is 86.6 Å². The lowest BCUT2D eigenvalue weighted by atomic mass is 10.1. The zero-order valence-electron chi connectivity index (χ0n) is 18.9. The summed E-state index contributed by atoms with van der Waals surface area (Å²) in [5.74, 6) is 0.778. The highest BCUT2D eigenvalue weighted by atomic mass is 16.6. The lowest BCUT2D eigenvalue weighted by Gasteiger charge is -2.19. The lowest BCUT2D eigenvalue weighted by Crippen LogP contribution is -2.21. The number of non-ortho nitro benzene ring substituents is 1. The van der Waals surface area contributed by atoms with Crippen LogP contribution in [0.3, 0.4) is 0 Å². The van der Waals surface area contributed by atoms with Crippen LogP contribution in [-0.4, -0.2) is 42.1 Å². The van der Waals surface area contributed by atoms with Gasteiger partial charge in [0.1, 0.15) is 11.3 Å². The molecule has 33 heavy (non-hydrogen) atoms. The highest BCUT2D eigenvalue weighted by Gasteiger charge is 2.21. The molecule has 0 atom stereocenters. The van der Waals surface area contributed by atoms with Gasteiger partial charge in [0.25, 0.3) is 5.69 Å². The van der Waals surface area contributed by atoms with Crippen LogP contribution in [0.4, 0.5) is 11.4 Å². The summed E-state index contributed by atoms with van der Waals surface area (Å²) in [5.41, 5.74) is 2.47. The largest absolute Gasteiger partial charge is 0.497 e. The van der Waals surface area contributed by atoms with Crippen LogP contribution in [0.1, 0.15) is 5.56 Å². The first-order valence-electron chi connectivity index (χ1n) is 10.6. The summed E-state index contributed by atoms with van der Waals surface area (Å²) in [4.78, 5) is 26.9. The second kappa shape index (κ2) is 9.30. The van der Waals surface area contributed by atoms with Crippen molar-refractivity contribution in [2.24, 2.45) is 0 Å².